The molecule has 1 saturated heterocycles. The molecule has 2 rings (SSSR count). The number of thioether (sulfide) groups is 2. The van der Waals surface area contributed by atoms with Crippen LogP contribution < -0.4 is 11.1 Å². The highest BCUT2D eigenvalue weighted by Gasteiger charge is 2.13. The molecule has 82 valence electrons. The largest absolute Gasteiger partial charge is 0.396 e. The highest BCUT2D eigenvalue weighted by atomic mass is 32.2. The van der Waals surface area contributed by atoms with Crippen LogP contribution in [-0.4, -0.2) is 34.0 Å². The van der Waals surface area contributed by atoms with Gasteiger partial charge in [0.15, 0.2) is 0 Å². The number of anilines is 2. The third-order valence-corrected chi connectivity index (χ3v) is 5.10. The average Bonchev–Trinajstić information content (AvgIpc) is 2.29. The number of rotatable bonds is 3. The molecule has 1 unspecified atom stereocenters. The van der Waals surface area contributed by atoms with E-state index in [1.165, 1.54) is 17.3 Å². The lowest BCUT2D eigenvalue weighted by Gasteiger charge is -2.21. The molecular formula is C10H15N3S2. The first-order chi connectivity index (χ1) is 7.36. The number of nitrogens with two attached hydrogens (primary N) is 1. The molecule has 0 bridgehead atoms. The molecule has 0 aliphatic carbocycles. The Balaban J connectivity index is 1.84. The van der Waals surface area contributed by atoms with E-state index in [-0.39, 0.29) is 0 Å². The van der Waals surface area contributed by atoms with Crippen LogP contribution in [0.1, 0.15) is 0 Å². The van der Waals surface area contributed by atoms with E-state index in [0.717, 1.165) is 17.9 Å². The van der Waals surface area contributed by atoms with Crippen molar-refractivity contribution < 1.29 is 0 Å². The van der Waals surface area contributed by atoms with Crippen molar-refractivity contribution in [3.63, 3.8) is 0 Å². The zero-order chi connectivity index (χ0) is 10.5. The Kier molecular flexibility index (Phi) is 4.02. The Bertz CT molecular complexity index is 313. The van der Waals surface area contributed by atoms with Crippen LogP contribution in [0.4, 0.5) is 11.4 Å². The maximum absolute atomic E-state index is 5.80. The highest BCUT2D eigenvalue weighted by molar-refractivity contribution is 8.06. The summed E-state index contributed by atoms with van der Waals surface area (Å²) in [4.78, 5) is 3.97. The van der Waals surface area contributed by atoms with Crippen LogP contribution >= 0.6 is 23.5 Å². The molecule has 15 heavy (non-hydrogen) atoms. The Morgan fingerprint density at radius 3 is 3.20 bits per heavy atom. The molecule has 2 heterocycles. The van der Waals surface area contributed by atoms with Gasteiger partial charge in [-0.15, -0.1) is 0 Å². The zero-order valence-electron chi connectivity index (χ0n) is 8.48. The number of hydrogen-bond donors (Lipinski definition) is 2. The molecule has 0 saturated carbocycles. The summed E-state index contributed by atoms with van der Waals surface area (Å²) >= 11 is 4.09. The van der Waals surface area contributed by atoms with Gasteiger partial charge >= 0.3 is 0 Å². The van der Waals surface area contributed by atoms with E-state index in [4.69, 9.17) is 5.73 Å². The van der Waals surface area contributed by atoms with Crippen molar-refractivity contribution in [2.24, 2.45) is 0 Å². The quantitative estimate of drug-likeness (QED) is 0.847. The van der Waals surface area contributed by atoms with Gasteiger partial charge in [-0.2, -0.15) is 23.5 Å². The van der Waals surface area contributed by atoms with Crippen molar-refractivity contribution in [1.82, 2.24) is 4.98 Å². The van der Waals surface area contributed by atoms with E-state index >= 15 is 0 Å². The van der Waals surface area contributed by atoms with Crippen molar-refractivity contribution >= 4 is 34.9 Å². The van der Waals surface area contributed by atoms with Gasteiger partial charge < -0.3 is 11.1 Å². The summed E-state index contributed by atoms with van der Waals surface area (Å²) in [5.41, 5.74) is 7.53. The Hall–Kier alpha value is -0.550. The highest BCUT2D eigenvalue weighted by Crippen LogP contribution is 2.25. The normalized spacial score (nSPS) is 21.2. The van der Waals surface area contributed by atoms with Gasteiger partial charge in [-0.25, -0.2) is 0 Å². The molecule has 0 aromatic carbocycles. The van der Waals surface area contributed by atoms with Gasteiger partial charge in [0, 0.05) is 35.3 Å². The maximum atomic E-state index is 5.80. The van der Waals surface area contributed by atoms with Crippen LogP contribution in [0.25, 0.3) is 0 Å². The van der Waals surface area contributed by atoms with Gasteiger partial charge in [-0.05, 0) is 6.07 Å². The zero-order valence-corrected chi connectivity index (χ0v) is 10.1. The van der Waals surface area contributed by atoms with Crippen molar-refractivity contribution in [1.29, 1.82) is 0 Å². The molecule has 0 radical (unpaired) electrons. The Morgan fingerprint density at radius 2 is 2.47 bits per heavy atom. The number of aromatic nitrogens is 1. The van der Waals surface area contributed by atoms with Gasteiger partial charge in [-0.3, -0.25) is 4.98 Å². The standard InChI is InChI=1S/C10H15N3S2/c11-9-6-12-2-1-10(9)13-5-8-7-14-3-4-15-8/h1-2,6,8H,3-5,7,11H2,(H,12,13). The summed E-state index contributed by atoms with van der Waals surface area (Å²) in [6.07, 6.45) is 3.45. The lowest BCUT2D eigenvalue weighted by atomic mass is 10.3. The summed E-state index contributed by atoms with van der Waals surface area (Å²) in [6, 6.07) is 1.93. The van der Waals surface area contributed by atoms with Crippen molar-refractivity contribution in [3.05, 3.63) is 18.5 Å². The minimum Gasteiger partial charge on any atom is -0.396 e. The van der Waals surface area contributed by atoms with Crippen molar-refractivity contribution in [3.8, 4) is 0 Å². The van der Waals surface area contributed by atoms with Crippen LogP contribution in [0.15, 0.2) is 18.5 Å². The average molecular weight is 241 g/mol. The number of nitrogen functional groups attached to an aromatic ring is 1. The van der Waals surface area contributed by atoms with E-state index in [9.17, 15) is 0 Å². The van der Waals surface area contributed by atoms with Crippen LogP contribution in [0, 0.1) is 0 Å². The summed E-state index contributed by atoms with van der Waals surface area (Å²) in [7, 11) is 0. The molecule has 1 aromatic heterocycles. The predicted octanol–water partition coefficient (Wildman–Crippen LogP) is 1.92. The van der Waals surface area contributed by atoms with Crippen LogP contribution in [0.2, 0.25) is 0 Å². The number of pyridine rings is 1. The van der Waals surface area contributed by atoms with E-state index in [2.05, 4.69) is 10.3 Å². The first-order valence-electron chi connectivity index (χ1n) is 4.99. The first-order valence-corrected chi connectivity index (χ1v) is 7.19. The Morgan fingerprint density at radius 1 is 1.53 bits per heavy atom. The molecule has 0 amide bonds. The smallest absolute Gasteiger partial charge is 0.0736 e. The Labute approximate surface area is 98.6 Å². The maximum Gasteiger partial charge on any atom is 0.0736 e. The van der Waals surface area contributed by atoms with Gasteiger partial charge in [-0.1, -0.05) is 0 Å². The van der Waals surface area contributed by atoms with E-state index in [0.29, 0.717) is 5.25 Å². The second kappa shape index (κ2) is 5.51. The number of nitrogens with one attached hydrogen (secondary N) is 1. The minimum absolute atomic E-state index is 0.705. The van der Waals surface area contributed by atoms with E-state index < -0.39 is 0 Å². The van der Waals surface area contributed by atoms with E-state index in [1.54, 1.807) is 12.4 Å². The van der Waals surface area contributed by atoms with Crippen molar-refractivity contribution in [2.75, 3.05) is 34.9 Å². The van der Waals surface area contributed by atoms with Crippen LogP contribution in [0.3, 0.4) is 0 Å². The SMILES string of the molecule is Nc1cnccc1NCC1CSCCS1. The number of nitrogens with zero attached hydrogens (tertiary/aromatic N) is 1. The van der Waals surface area contributed by atoms with Crippen LogP contribution in [0.5, 0.6) is 0 Å². The molecule has 3 nitrogen and oxygen atoms in total. The fourth-order valence-corrected chi connectivity index (χ4v) is 4.06. The summed E-state index contributed by atoms with van der Waals surface area (Å²) in [6.45, 7) is 0.992. The first kappa shape index (κ1) is 11.0. The van der Waals surface area contributed by atoms with Crippen LogP contribution in [-0.2, 0) is 0 Å². The summed E-state index contributed by atoms with van der Waals surface area (Å²) in [5, 5.41) is 4.09. The van der Waals surface area contributed by atoms with Gasteiger partial charge in [0.2, 0.25) is 0 Å². The van der Waals surface area contributed by atoms with E-state index in [1.807, 2.05) is 29.6 Å². The lowest BCUT2D eigenvalue weighted by molar-refractivity contribution is 1.00. The monoisotopic (exact) mass is 241 g/mol. The summed E-state index contributed by atoms with van der Waals surface area (Å²) < 4.78 is 0. The molecule has 1 aliphatic rings. The fourth-order valence-electron chi connectivity index (χ4n) is 1.45. The molecule has 1 aromatic rings. The molecule has 1 fully saturated rings. The third kappa shape index (κ3) is 3.21. The minimum atomic E-state index is 0.705. The fraction of sp³-hybridized carbons (Fsp3) is 0.500. The molecule has 5 heteroatoms. The van der Waals surface area contributed by atoms with Gasteiger partial charge in [0.05, 0.1) is 17.6 Å². The molecule has 0 spiro atoms. The van der Waals surface area contributed by atoms with Gasteiger partial charge in [0.1, 0.15) is 0 Å². The van der Waals surface area contributed by atoms with Crippen molar-refractivity contribution in [2.45, 2.75) is 5.25 Å². The molecule has 1 aliphatic heterocycles. The molecular weight excluding hydrogens is 226 g/mol. The predicted molar refractivity (Wildman–Crippen MR) is 70.7 cm³/mol. The lowest BCUT2D eigenvalue weighted by Crippen LogP contribution is -2.23. The molecule has 3 N–H and O–H groups in total. The summed E-state index contributed by atoms with van der Waals surface area (Å²) in [5.74, 6) is 3.80. The second-order valence-electron chi connectivity index (χ2n) is 3.41. The second-order valence-corrected chi connectivity index (χ2v) is 5.97. The number of hydrogen-bond acceptors (Lipinski definition) is 5. The third-order valence-electron chi connectivity index (χ3n) is 2.26. The van der Waals surface area contributed by atoms with Gasteiger partial charge in [0.25, 0.3) is 0 Å². The topological polar surface area (TPSA) is 50.9 Å². The molecule has 1 atom stereocenters.